The summed E-state index contributed by atoms with van der Waals surface area (Å²) in [6.07, 6.45) is 0. The third-order valence-corrected chi connectivity index (χ3v) is 3.12. The normalized spacial score (nSPS) is 10.7. The SMILES string of the molecule is CCNC(=O)c1cc(N=Nc2ccc(C(C)=O)cc2)ccc1O. The van der Waals surface area contributed by atoms with E-state index < -0.39 is 0 Å². The minimum Gasteiger partial charge on any atom is -0.507 e. The molecule has 0 aliphatic heterocycles. The Morgan fingerprint density at radius 1 is 1.04 bits per heavy atom. The molecule has 0 atom stereocenters. The monoisotopic (exact) mass is 311 g/mol. The van der Waals surface area contributed by atoms with E-state index in [0.29, 0.717) is 23.5 Å². The molecule has 0 unspecified atom stereocenters. The number of Topliss-reactive ketones (excluding diaryl/α,β-unsaturated/α-hetero) is 1. The zero-order valence-corrected chi connectivity index (χ0v) is 12.9. The van der Waals surface area contributed by atoms with Crippen molar-refractivity contribution >= 4 is 23.1 Å². The number of rotatable bonds is 5. The van der Waals surface area contributed by atoms with Crippen molar-refractivity contribution in [1.29, 1.82) is 0 Å². The summed E-state index contributed by atoms with van der Waals surface area (Å²) >= 11 is 0. The Morgan fingerprint density at radius 2 is 1.65 bits per heavy atom. The number of nitrogens with one attached hydrogen (secondary N) is 1. The molecule has 0 heterocycles. The summed E-state index contributed by atoms with van der Waals surface area (Å²) in [4.78, 5) is 23.0. The third-order valence-electron chi connectivity index (χ3n) is 3.12. The second-order valence-corrected chi connectivity index (χ2v) is 4.86. The Morgan fingerprint density at radius 3 is 2.26 bits per heavy atom. The van der Waals surface area contributed by atoms with E-state index in [9.17, 15) is 14.7 Å². The molecule has 2 aromatic rings. The summed E-state index contributed by atoms with van der Waals surface area (Å²) in [5.41, 5.74) is 1.78. The zero-order chi connectivity index (χ0) is 16.8. The van der Waals surface area contributed by atoms with E-state index >= 15 is 0 Å². The van der Waals surface area contributed by atoms with Gasteiger partial charge in [-0.3, -0.25) is 9.59 Å². The number of phenolic OH excluding ortho intramolecular Hbond substituents is 1. The standard InChI is InChI=1S/C17H17N3O3/c1-3-18-17(23)15-10-14(8-9-16(15)22)20-19-13-6-4-12(5-7-13)11(2)21/h4-10,22H,3H2,1-2H3,(H,18,23). The van der Waals surface area contributed by atoms with Gasteiger partial charge >= 0.3 is 0 Å². The fourth-order valence-corrected chi connectivity index (χ4v) is 1.90. The number of azo groups is 1. The van der Waals surface area contributed by atoms with Gasteiger partial charge in [0.15, 0.2) is 5.78 Å². The molecule has 0 saturated carbocycles. The molecule has 118 valence electrons. The quantitative estimate of drug-likeness (QED) is 0.650. The summed E-state index contributed by atoms with van der Waals surface area (Å²) in [6, 6.07) is 11.1. The number of carbonyl (C=O) groups excluding carboxylic acids is 2. The van der Waals surface area contributed by atoms with Crippen LogP contribution in [-0.4, -0.2) is 23.3 Å². The number of nitrogens with zero attached hydrogens (tertiary/aromatic N) is 2. The lowest BCUT2D eigenvalue weighted by Gasteiger charge is -2.05. The van der Waals surface area contributed by atoms with Crippen LogP contribution in [0.5, 0.6) is 5.75 Å². The number of amides is 1. The van der Waals surface area contributed by atoms with Gasteiger partial charge < -0.3 is 10.4 Å². The first kappa shape index (κ1) is 16.4. The average Bonchev–Trinajstić information content (AvgIpc) is 2.54. The van der Waals surface area contributed by atoms with Crippen molar-refractivity contribution in [1.82, 2.24) is 5.32 Å². The van der Waals surface area contributed by atoms with Crippen molar-refractivity contribution < 1.29 is 14.7 Å². The molecule has 0 saturated heterocycles. The Bertz CT molecular complexity index is 752. The van der Waals surface area contributed by atoms with E-state index in [-0.39, 0.29) is 23.0 Å². The summed E-state index contributed by atoms with van der Waals surface area (Å²) in [5, 5.41) is 20.4. The first-order valence-corrected chi connectivity index (χ1v) is 7.15. The summed E-state index contributed by atoms with van der Waals surface area (Å²) in [5.74, 6) is -0.493. The van der Waals surface area contributed by atoms with Crippen LogP contribution in [0.4, 0.5) is 11.4 Å². The maximum absolute atomic E-state index is 11.8. The lowest BCUT2D eigenvalue weighted by Crippen LogP contribution is -2.22. The number of hydrogen-bond donors (Lipinski definition) is 2. The van der Waals surface area contributed by atoms with Crippen LogP contribution >= 0.6 is 0 Å². The van der Waals surface area contributed by atoms with Crippen molar-refractivity contribution in [2.45, 2.75) is 13.8 Å². The largest absolute Gasteiger partial charge is 0.507 e. The molecular formula is C17H17N3O3. The van der Waals surface area contributed by atoms with E-state index in [1.165, 1.54) is 19.1 Å². The van der Waals surface area contributed by atoms with E-state index in [4.69, 9.17) is 0 Å². The smallest absolute Gasteiger partial charge is 0.255 e. The van der Waals surface area contributed by atoms with Gasteiger partial charge in [0.2, 0.25) is 0 Å². The van der Waals surface area contributed by atoms with E-state index in [1.54, 1.807) is 37.3 Å². The van der Waals surface area contributed by atoms with Crippen LogP contribution in [0.25, 0.3) is 0 Å². The van der Waals surface area contributed by atoms with Crippen molar-refractivity contribution in [2.75, 3.05) is 6.54 Å². The third kappa shape index (κ3) is 4.23. The number of aromatic hydroxyl groups is 1. The molecular weight excluding hydrogens is 294 g/mol. The molecule has 0 aliphatic rings. The van der Waals surface area contributed by atoms with E-state index in [2.05, 4.69) is 15.5 Å². The minimum absolute atomic E-state index is 0.0152. The van der Waals surface area contributed by atoms with Crippen LogP contribution < -0.4 is 5.32 Å². The van der Waals surface area contributed by atoms with Gasteiger partial charge in [-0.1, -0.05) is 0 Å². The summed E-state index contributed by atoms with van der Waals surface area (Å²) in [7, 11) is 0. The van der Waals surface area contributed by atoms with E-state index in [0.717, 1.165) is 0 Å². The molecule has 0 aliphatic carbocycles. The predicted octanol–water partition coefficient (Wildman–Crippen LogP) is 3.76. The van der Waals surface area contributed by atoms with Crippen LogP contribution in [0.15, 0.2) is 52.7 Å². The maximum Gasteiger partial charge on any atom is 0.255 e. The summed E-state index contributed by atoms with van der Waals surface area (Å²) in [6.45, 7) is 3.76. The fourth-order valence-electron chi connectivity index (χ4n) is 1.90. The van der Waals surface area contributed by atoms with Crippen molar-refractivity contribution in [3.05, 3.63) is 53.6 Å². The molecule has 2 N–H and O–H groups in total. The number of ketones is 1. The Labute approximate surface area is 133 Å². The maximum atomic E-state index is 11.8. The van der Waals surface area contributed by atoms with Crippen molar-refractivity contribution in [2.24, 2.45) is 10.2 Å². The van der Waals surface area contributed by atoms with Crippen LogP contribution in [-0.2, 0) is 0 Å². The Kier molecular flexibility index (Phi) is 5.19. The molecule has 0 spiro atoms. The molecule has 0 radical (unpaired) electrons. The highest BCUT2D eigenvalue weighted by molar-refractivity contribution is 5.97. The van der Waals surface area contributed by atoms with E-state index in [1.807, 2.05) is 0 Å². The summed E-state index contributed by atoms with van der Waals surface area (Å²) < 4.78 is 0. The molecule has 0 aromatic heterocycles. The Balaban J connectivity index is 2.20. The van der Waals surface area contributed by atoms with Gasteiger partial charge in [0.05, 0.1) is 16.9 Å². The molecule has 0 bridgehead atoms. The fraction of sp³-hybridized carbons (Fsp3) is 0.176. The highest BCUT2D eigenvalue weighted by Crippen LogP contribution is 2.25. The highest BCUT2D eigenvalue weighted by atomic mass is 16.3. The molecule has 6 heteroatoms. The molecule has 0 fully saturated rings. The number of carbonyl (C=O) groups is 2. The molecule has 6 nitrogen and oxygen atoms in total. The first-order chi connectivity index (χ1) is 11.0. The van der Waals surface area contributed by atoms with Gasteiger partial charge in [-0.15, -0.1) is 0 Å². The topological polar surface area (TPSA) is 91.1 Å². The number of benzene rings is 2. The van der Waals surface area contributed by atoms with Crippen LogP contribution in [0.1, 0.15) is 34.6 Å². The zero-order valence-electron chi connectivity index (χ0n) is 12.9. The van der Waals surface area contributed by atoms with Crippen molar-refractivity contribution in [3.63, 3.8) is 0 Å². The van der Waals surface area contributed by atoms with Gasteiger partial charge in [0, 0.05) is 12.1 Å². The lowest BCUT2D eigenvalue weighted by molar-refractivity contribution is 0.0952. The van der Waals surface area contributed by atoms with Gasteiger partial charge in [0.25, 0.3) is 5.91 Å². The molecule has 2 rings (SSSR count). The number of phenols is 1. The lowest BCUT2D eigenvalue weighted by atomic mass is 10.1. The Hall–Kier alpha value is -3.02. The second-order valence-electron chi connectivity index (χ2n) is 4.86. The van der Waals surface area contributed by atoms with Crippen LogP contribution in [0, 0.1) is 0 Å². The van der Waals surface area contributed by atoms with Crippen LogP contribution in [0.3, 0.4) is 0 Å². The number of hydrogen-bond acceptors (Lipinski definition) is 5. The highest BCUT2D eigenvalue weighted by Gasteiger charge is 2.10. The van der Waals surface area contributed by atoms with Gasteiger partial charge in [-0.2, -0.15) is 10.2 Å². The minimum atomic E-state index is -0.368. The molecule has 23 heavy (non-hydrogen) atoms. The molecule has 1 amide bonds. The van der Waals surface area contributed by atoms with Crippen LogP contribution in [0.2, 0.25) is 0 Å². The first-order valence-electron chi connectivity index (χ1n) is 7.15. The van der Waals surface area contributed by atoms with Gasteiger partial charge in [-0.05, 0) is 56.3 Å². The van der Waals surface area contributed by atoms with Crippen molar-refractivity contribution in [3.8, 4) is 5.75 Å². The van der Waals surface area contributed by atoms with Gasteiger partial charge in [-0.25, -0.2) is 0 Å². The average molecular weight is 311 g/mol. The van der Waals surface area contributed by atoms with Gasteiger partial charge in [0.1, 0.15) is 5.75 Å². The second kappa shape index (κ2) is 7.31. The molecule has 2 aromatic carbocycles. The predicted molar refractivity (Wildman–Crippen MR) is 86.7 cm³/mol.